The third kappa shape index (κ3) is 3.90. The molecule has 126 valence electrons. The van der Waals surface area contributed by atoms with Crippen LogP contribution in [0, 0.1) is 0 Å². The number of carbonyl (C=O) groups is 2. The SMILES string of the molecule is O=C(NCc1nc(C(=O)O)cs1)c1ccc(N2CCOCC2)cc1. The molecular weight excluding hydrogens is 330 g/mol. The molecule has 0 radical (unpaired) electrons. The minimum absolute atomic E-state index is 0.000821. The minimum Gasteiger partial charge on any atom is -0.476 e. The van der Waals surface area contributed by atoms with E-state index in [-0.39, 0.29) is 18.1 Å². The molecule has 2 aromatic rings. The Labute approximate surface area is 142 Å². The number of benzene rings is 1. The Kier molecular flexibility index (Phi) is 5.07. The van der Waals surface area contributed by atoms with Gasteiger partial charge in [-0.2, -0.15) is 0 Å². The van der Waals surface area contributed by atoms with Crippen LogP contribution in [-0.2, 0) is 11.3 Å². The average Bonchev–Trinajstić information content (AvgIpc) is 3.10. The molecule has 1 fully saturated rings. The maximum atomic E-state index is 12.2. The van der Waals surface area contributed by atoms with Gasteiger partial charge in [0.05, 0.1) is 19.8 Å². The smallest absolute Gasteiger partial charge is 0.355 e. The number of morpholine rings is 1. The number of aromatic carboxylic acids is 1. The number of hydrogen-bond donors (Lipinski definition) is 2. The van der Waals surface area contributed by atoms with Gasteiger partial charge in [-0.05, 0) is 24.3 Å². The minimum atomic E-state index is -1.07. The van der Waals surface area contributed by atoms with Crippen LogP contribution in [0.4, 0.5) is 5.69 Å². The molecule has 1 amide bonds. The van der Waals surface area contributed by atoms with Crippen molar-refractivity contribution in [1.82, 2.24) is 10.3 Å². The monoisotopic (exact) mass is 347 g/mol. The van der Waals surface area contributed by atoms with Gasteiger partial charge in [-0.1, -0.05) is 0 Å². The van der Waals surface area contributed by atoms with Crippen molar-refractivity contribution in [1.29, 1.82) is 0 Å². The van der Waals surface area contributed by atoms with Gasteiger partial charge in [0.25, 0.3) is 5.91 Å². The van der Waals surface area contributed by atoms with Crippen LogP contribution in [-0.4, -0.2) is 48.3 Å². The molecule has 1 aliphatic rings. The van der Waals surface area contributed by atoms with E-state index in [1.165, 1.54) is 16.7 Å². The second-order valence-corrected chi connectivity index (χ2v) is 6.20. The molecule has 1 aromatic carbocycles. The zero-order valence-electron chi connectivity index (χ0n) is 12.9. The number of nitrogens with zero attached hydrogens (tertiary/aromatic N) is 2. The summed E-state index contributed by atoms with van der Waals surface area (Å²) in [5.41, 5.74) is 1.63. The summed E-state index contributed by atoms with van der Waals surface area (Å²) in [6.07, 6.45) is 0. The first-order valence-electron chi connectivity index (χ1n) is 7.52. The molecule has 1 aliphatic heterocycles. The number of ether oxygens (including phenoxy) is 1. The van der Waals surface area contributed by atoms with E-state index in [0.29, 0.717) is 23.8 Å². The molecule has 0 atom stereocenters. The van der Waals surface area contributed by atoms with Crippen LogP contribution in [0.5, 0.6) is 0 Å². The van der Waals surface area contributed by atoms with Crippen molar-refractivity contribution >= 4 is 28.9 Å². The number of carbonyl (C=O) groups excluding carboxylic acids is 1. The predicted molar refractivity (Wildman–Crippen MR) is 89.7 cm³/mol. The average molecular weight is 347 g/mol. The largest absolute Gasteiger partial charge is 0.476 e. The summed E-state index contributed by atoms with van der Waals surface area (Å²) >= 11 is 1.21. The second kappa shape index (κ2) is 7.41. The molecule has 8 heteroatoms. The molecule has 0 unspecified atom stereocenters. The lowest BCUT2D eigenvalue weighted by atomic mass is 10.1. The van der Waals surface area contributed by atoms with Crippen LogP contribution in [0.1, 0.15) is 25.9 Å². The Balaban J connectivity index is 1.57. The van der Waals surface area contributed by atoms with Crippen molar-refractivity contribution in [2.75, 3.05) is 31.2 Å². The highest BCUT2D eigenvalue weighted by Gasteiger charge is 2.13. The molecule has 0 bridgehead atoms. The van der Waals surface area contributed by atoms with Gasteiger partial charge in [0, 0.05) is 29.7 Å². The first kappa shape index (κ1) is 16.4. The van der Waals surface area contributed by atoms with Crippen LogP contribution in [0.2, 0.25) is 0 Å². The van der Waals surface area contributed by atoms with E-state index in [0.717, 1.165) is 18.8 Å². The lowest BCUT2D eigenvalue weighted by Crippen LogP contribution is -2.36. The standard InChI is InChI=1S/C16H17N3O4S/c20-15(17-9-14-18-13(10-24-14)16(21)22)11-1-3-12(4-2-11)19-5-7-23-8-6-19/h1-4,10H,5-9H2,(H,17,20)(H,21,22). The second-order valence-electron chi connectivity index (χ2n) is 5.26. The Bertz CT molecular complexity index is 723. The normalized spacial score (nSPS) is 14.4. The molecule has 2 N–H and O–H groups in total. The fraction of sp³-hybridized carbons (Fsp3) is 0.312. The fourth-order valence-electron chi connectivity index (χ4n) is 2.39. The molecule has 3 rings (SSSR count). The molecule has 7 nitrogen and oxygen atoms in total. The van der Waals surface area contributed by atoms with Crippen LogP contribution >= 0.6 is 11.3 Å². The van der Waals surface area contributed by atoms with Crippen molar-refractivity contribution in [3.63, 3.8) is 0 Å². The predicted octanol–water partition coefficient (Wildman–Crippen LogP) is 1.61. The third-order valence-electron chi connectivity index (χ3n) is 3.68. The maximum absolute atomic E-state index is 12.2. The molecule has 0 aliphatic carbocycles. The zero-order valence-corrected chi connectivity index (χ0v) is 13.7. The first-order chi connectivity index (χ1) is 11.6. The van der Waals surface area contributed by atoms with E-state index in [2.05, 4.69) is 15.2 Å². The van der Waals surface area contributed by atoms with Crippen LogP contribution in [0.15, 0.2) is 29.6 Å². The van der Waals surface area contributed by atoms with Gasteiger partial charge in [-0.25, -0.2) is 9.78 Å². The highest BCUT2D eigenvalue weighted by atomic mass is 32.1. The van der Waals surface area contributed by atoms with Crippen molar-refractivity contribution < 1.29 is 19.4 Å². The lowest BCUT2D eigenvalue weighted by Gasteiger charge is -2.28. The molecule has 1 saturated heterocycles. The van der Waals surface area contributed by atoms with Crippen molar-refractivity contribution in [2.45, 2.75) is 6.54 Å². The lowest BCUT2D eigenvalue weighted by molar-refractivity contribution is 0.0691. The molecule has 0 saturated carbocycles. The Hall–Kier alpha value is -2.45. The number of hydrogen-bond acceptors (Lipinski definition) is 6. The van der Waals surface area contributed by atoms with Gasteiger partial charge in [-0.15, -0.1) is 11.3 Å². The highest BCUT2D eigenvalue weighted by Crippen LogP contribution is 2.17. The molecule has 1 aromatic heterocycles. The number of thiazole rings is 1. The molecule has 2 heterocycles. The summed E-state index contributed by atoms with van der Waals surface area (Å²) in [5, 5.41) is 13.6. The zero-order chi connectivity index (χ0) is 16.9. The van der Waals surface area contributed by atoms with Gasteiger partial charge in [0.1, 0.15) is 5.01 Å². The van der Waals surface area contributed by atoms with Crippen molar-refractivity contribution in [3.8, 4) is 0 Å². The summed E-state index contributed by atoms with van der Waals surface area (Å²) < 4.78 is 5.33. The van der Waals surface area contributed by atoms with E-state index in [9.17, 15) is 9.59 Å². The number of carboxylic acid groups (broad SMARTS) is 1. The Morgan fingerprint density at radius 3 is 2.58 bits per heavy atom. The van der Waals surface area contributed by atoms with E-state index in [1.54, 1.807) is 12.1 Å². The first-order valence-corrected chi connectivity index (χ1v) is 8.40. The van der Waals surface area contributed by atoms with Gasteiger partial charge in [0.15, 0.2) is 5.69 Å². The summed E-state index contributed by atoms with van der Waals surface area (Å²) in [6, 6.07) is 7.41. The van der Waals surface area contributed by atoms with Crippen LogP contribution in [0.3, 0.4) is 0 Å². The Morgan fingerprint density at radius 2 is 1.96 bits per heavy atom. The summed E-state index contributed by atoms with van der Waals surface area (Å²) in [5.74, 6) is -1.28. The van der Waals surface area contributed by atoms with Gasteiger partial charge < -0.3 is 20.1 Å². The van der Waals surface area contributed by atoms with E-state index < -0.39 is 5.97 Å². The third-order valence-corrected chi connectivity index (χ3v) is 4.53. The quantitative estimate of drug-likeness (QED) is 0.854. The van der Waals surface area contributed by atoms with E-state index in [4.69, 9.17) is 9.84 Å². The number of carboxylic acids is 1. The van der Waals surface area contributed by atoms with E-state index in [1.807, 2.05) is 12.1 Å². The van der Waals surface area contributed by atoms with Gasteiger partial charge in [0.2, 0.25) is 0 Å². The topological polar surface area (TPSA) is 91.8 Å². The van der Waals surface area contributed by atoms with Crippen LogP contribution < -0.4 is 10.2 Å². The highest BCUT2D eigenvalue weighted by molar-refractivity contribution is 7.09. The Morgan fingerprint density at radius 1 is 1.25 bits per heavy atom. The fourth-order valence-corrected chi connectivity index (χ4v) is 3.10. The van der Waals surface area contributed by atoms with Crippen molar-refractivity contribution in [2.24, 2.45) is 0 Å². The molecule has 0 spiro atoms. The van der Waals surface area contributed by atoms with E-state index >= 15 is 0 Å². The van der Waals surface area contributed by atoms with Gasteiger partial charge >= 0.3 is 5.97 Å². The number of anilines is 1. The molecule has 24 heavy (non-hydrogen) atoms. The van der Waals surface area contributed by atoms with Gasteiger partial charge in [-0.3, -0.25) is 4.79 Å². The maximum Gasteiger partial charge on any atom is 0.355 e. The van der Waals surface area contributed by atoms with Crippen molar-refractivity contribution in [3.05, 3.63) is 45.9 Å². The molecular formula is C16H17N3O4S. The number of rotatable bonds is 5. The number of nitrogens with one attached hydrogen (secondary N) is 1. The van der Waals surface area contributed by atoms with Crippen LogP contribution in [0.25, 0.3) is 0 Å². The summed E-state index contributed by atoms with van der Waals surface area (Å²) in [7, 11) is 0. The summed E-state index contributed by atoms with van der Waals surface area (Å²) in [6.45, 7) is 3.34. The number of amides is 1. The summed E-state index contributed by atoms with van der Waals surface area (Å²) in [4.78, 5) is 29.1. The number of aromatic nitrogens is 1.